The van der Waals surface area contributed by atoms with Crippen LogP contribution in [0.25, 0.3) is 0 Å². The summed E-state index contributed by atoms with van der Waals surface area (Å²) in [5.74, 6) is 0.535. The molecular weight excluding hydrogens is 299 g/mol. The van der Waals surface area contributed by atoms with Gasteiger partial charge in [0.2, 0.25) is 0 Å². The molecule has 0 bridgehead atoms. The van der Waals surface area contributed by atoms with Gasteiger partial charge in [0, 0.05) is 18.3 Å². The SMILES string of the molecule is NC(=S)c1ccc(NCc2cccc(C(F)(F)F)c2)nc1. The summed E-state index contributed by atoms with van der Waals surface area (Å²) in [4.78, 5) is 4.33. The van der Waals surface area contributed by atoms with Crippen LogP contribution in [0.4, 0.5) is 19.0 Å². The molecule has 3 N–H and O–H groups in total. The number of benzene rings is 1. The van der Waals surface area contributed by atoms with Gasteiger partial charge in [-0.1, -0.05) is 24.4 Å². The Bertz CT molecular complexity index is 639. The van der Waals surface area contributed by atoms with Gasteiger partial charge in [0.15, 0.2) is 0 Å². The van der Waals surface area contributed by atoms with Gasteiger partial charge < -0.3 is 11.1 Å². The van der Waals surface area contributed by atoms with Crippen LogP contribution in [0.15, 0.2) is 42.6 Å². The molecule has 0 atom stereocenters. The van der Waals surface area contributed by atoms with Gasteiger partial charge in [0.05, 0.1) is 5.56 Å². The Balaban J connectivity index is 2.04. The Labute approximate surface area is 125 Å². The minimum absolute atomic E-state index is 0.239. The standard InChI is InChI=1S/C14H12F3N3S/c15-14(16,17)11-3-1-2-9(6-11)7-19-12-5-4-10(8-20-12)13(18)21/h1-6,8H,7H2,(H2,18,21)(H,19,20). The lowest BCUT2D eigenvalue weighted by molar-refractivity contribution is -0.137. The smallest absolute Gasteiger partial charge is 0.389 e. The maximum Gasteiger partial charge on any atom is 0.416 e. The number of hydrogen-bond acceptors (Lipinski definition) is 3. The Morgan fingerprint density at radius 3 is 2.57 bits per heavy atom. The van der Waals surface area contributed by atoms with E-state index in [1.54, 1.807) is 18.2 Å². The minimum atomic E-state index is -4.34. The molecule has 1 aromatic carbocycles. The molecule has 3 nitrogen and oxygen atoms in total. The van der Waals surface area contributed by atoms with Crippen molar-refractivity contribution in [3.8, 4) is 0 Å². The molecule has 0 saturated carbocycles. The van der Waals surface area contributed by atoms with Crippen molar-refractivity contribution in [2.75, 3.05) is 5.32 Å². The molecule has 7 heteroatoms. The number of anilines is 1. The van der Waals surface area contributed by atoms with Crippen LogP contribution in [0, 0.1) is 0 Å². The van der Waals surface area contributed by atoms with Crippen molar-refractivity contribution in [3.63, 3.8) is 0 Å². The highest BCUT2D eigenvalue weighted by Gasteiger charge is 2.30. The van der Waals surface area contributed by atoms with E-state index in [9.17, 15) is 13.2 Å². The number of halogens is 3. The van der Waals surface area contributed by atoms with Crippen LogP contribution in [0.1, 0.15) is 16.7 Å². The first-order chi connectivity index (χ1) is 9.86. The van der Waals surface area contributed by atoms with Crippen LogP contribution in [-0.2, 0) is 12.7 Å². The van der Waals surface area contributed by atoms with Gasteiger partial charge in [0.25, 0.3) is 0 Å². The lowest BCUT2D eigenvalue weighted by atomic mass is 10.1. The number of hydrogen-bond donors (Lipinski definition) is 2. The van der Waals surface area contributed by atoms with Crippen molar-refractivity contribution in [1.29, 1.82) is 0 Å². The summed E-state index contributed by atoms with van der Waals surface area (Å²) >= 11 is 4.81. The molecule has 110 valence electrons. The van der Waals surface area contributed by atoms with Gasteiger partial charge >= 0.3 is 6.18 Å². The van der Waals surface area contributed by atoms with E-state index >= 15 is 0 Å². The summed E-state index contributed by atoms with van der Waals surface area (Å²) in [5, 5.41) is 2.94. The second-order valence-electron chi connectivity index (χ2n) is 4.35. The Morgan fingerprint density at radius 2 is 2.00 bits per heavy atom. The van der Waals surface area contributed by atoms with Gasteiger partial charge in [-0.25, -0.2) is 4.98 Å². The highest BCUT2D eigenvalue weighted by atomic mass is 32.1. The molecule has 0 saturated heterocycles. The zero-order valence-corrected chi connectivity index (χ0v) is 11.6. The molecule has 0 unspecified atom stereocenters. The molecule has 0 aliphatic carbocycles. The minimum Gasteiger partial charge on any atom is -0.389 e. The van der Waals surface area contributed by atoms with E-state index in [4.69, 9.17) is 18.0 Å². The molecule has 1 heterocycles. The fraction of sp³-hybridized carbons (Fsp3) is 0.143. The second-order valence-corrected chi connectivity index (χ2v) is 4.79. The lowest BCUT2D eigenvalue weighted by Gasteiger charge is -2.10. The van der Waals surface area contributed by atoms with E-state index in [-0.39, 0.29) is 11.5 Å². The second kappa shape index (κ2) is 6.09. The van der Waals surface area contributed by atoms with Gasteiger partial charge in [-0.2, -0.15) is 13.2 Å². The van der Waals surface area contributed by atoms with Gasteiger partial charge in [-0.15, -0.1) is 0 Å². The predicted molar refractivity (Wildman–Crippen MR) is 78.9 cm³/mol. The molecule has 0 aliphatic rings. The maximum atomic E-state index is 12.6. The van der Waals surface area contributed by atoms with E-state index in [0.29, 0.717) is 16.9 Å². The lowest BCUT2D eigenvalue weighted by Crippen LogP contribution is -2.10. The summed E-state index contributed by atoms with van der Waals surface area (Å²) in [6.45, 7) is 0.239. The summed E-state index contributed by atoms with van der Waals surface area (Å²) < 4.78 is 37.8. The number of nitrogens with one attached hydrogen (secondary N) is 1. The quantitative estimate of drug-likeness (QED) is 0.850. The van der Waals surface area contributed by atoms with Crippen molar-refractivity contribution in [3.05, 3.63) is 59.3 Å². The molecule has 0 aliphatic heterocycles. The van der Waals surface area contributed by atoms with Crippen LogP contribution in [-0.4, -0.2) is 9.97 Å². The number of nitrogens with two attached hydrogens (primary N) is 1. The van der Waals surface area contributed by atoms with Gasteiger partial charge in [-0.05, 0) is 29.8 Å². The highest BCUT2D eigenvalue weighted by Crippen LogP contribution is 2.29. The fourth-order valence-corrected chi connectivity index (χ4v) is 1.82. The summed E-state index contributed by atoms with van der Waals surface area (Å²) in [7, 11) is 0. The maximum absolute atomic E-state index is 12.6. The van der Waals surface area contributed by atoms with E-state index in [1.165, 1.54) is 12.3 Å². The average molecular weight is 311 g/mol. The molecular formula is C14H12F3N3S. The van der Waals surface area contributed by atoms with Crippen LogP contribution in [0.2, 0.25) is 0 Å². The zero-order valence-electron chi connectivity index (χ0n) is 10.8. The summed E-state index contributed by atoms with van der Waals surface area (Å²) in [6, 6.07) is 8.51. The average Bonchev–Trinajstić information content (AvgIpc) is 2.45. The molecule has 2 aromatic rings. The van der Waals surface area contributed by atoms with E-state index < -0.39 is 11.7 Å². The van der Waals surface area contributed by atoms with Crippen molar-refractivity contribution in [2.24, 2.45) is 5.73 Å². The number of nitrogens with zero attached hydrogens (tertiary/aromatic N) is 1. The zero-order chi connectivity index (χ0) is 15.5. The third kappa shape index (κ3) is 4.16. The highest BCUT2D eigenvalue weighted by molar-refractivity contribution is 7.80. The van der Waals surface area contributed by atoms with Gasteiger partial charge in [0.1, 0.15) is 10.8 Å². The van der Waals surface area contributed by atoms with E-state index in [0.717, 1.165) is 12.1 Å². The van der Waals surface area contributed by atoms with Crippen LogP contribution < -0.4 is 11.1 Å². The molecule has 21 heavy (non-hydrogen) atoms. The first-order valence-electron chi connectivity index (χ1n) is 6.02. The Hall–Kier alpha value is -2.15. The van der Waals surface area contributed by atoms with Crippen LogP contribution in [0.5, 0.6) is 0 Å². The van der Waals surface area contributed by atoms with Crippen molar-refractivity contribution >= 4 is 23.0 Å². The number of thiocarbonyl (C=S) groups is 1. The molecule has 0 spiro atoms. The number of aromatic nitrogens is 1. The summed E-state index contributed by atoms with van der Waals surface area (Å²) in [5.41, 5.74) is 5.94. The molecule has 2 rings (SSSR count). The Kier molecular flexibility index (Phi) is 4.42. The molecule has 0 amide bonds. The van der Waals surface area contributed by atoms with Crippen molar-refractivity contribution in [1.82, 2.24) is 4.98 Å². The van der Waals surface area contributed by atoms with Crippen LogP contribution in [0.3, 0.4) is 0 Å². The Morgan fingerprint density at radius 1 is 1.24 bits per heavy atom. The van der Waals surface area contributed by atoms with Crippen molar-refractivity contribution in [2.45, 2.75) is 12.7 Å². The van der Waals surface area contributed by atoms with Crippen molar-refractivity contribution < 1.29 is 13.2 Å². The third-order valence-electron chi connectivity index (χ3n) is 2.78. The number of rotatable bonds is 4. The summed E-state index contributed by atoms with van der Waals surface area (Å²) in [6.07, 6.45) is -2.83. The first kappa shape index (κ1) is 15.2. The monoisotopic (exact) mass is 311 g/mol. The predicted octanol–water partition coefficient (Wildman–Crippen LogP) is 3.35. The van der Waals surface area contributed by atoms with Gasteiger partial charge in [-0.3, -0.25) is 0 Å². The van der Waals surface area contributed by atoms with E-state index in [1.807, 2.05) is 0 Å². The topological polar surface area (TPSA) is 50.9 Å². The number of alkyl halides is 3. The third-order valence-corrected chi connectivity index (χ3v) is 3.01. The van der Waals surface area contributed by atoms with Crippen LogP contribution >= 0.6 is 12.2 Å². The fourth-order valence-electron chi connectivity index (χ4n) is 1.69. The normalized spacial score (nSPS) is 11.2. The number of pyridine rings is 1. The first-order valence-corrected chi connectivity index (χ1v) is 6.43. The molecule has 1 aromatic heterocycles. The van der Waals surface area contributed by atoms with E-state index in [2.05, 4.69) is 10.3 Å². The molecule has 0 fully saturated rings. The molecule has 0 radical (unpaired) electrons. The largest absolute Gasteiger partial charge is 0.416 e.